The fraction of sp³-hybridized carbons (Fsp3) is 0.933. The number of halogens is 1. The second kappa shape index (κ2) is 8.80. The van der Waals surface area contributed by atoms with Crippen molar-refractivity contribution in [2.75, 3.05) is 13.1 Å². The standard InChI is InChI=1S/C15H28N2O.ClH/c1-12-9-10-16-11-14(12)17-15(18)13-7-5-3-2-4-6-8-13;/h12-14,16H,2-11H2,1H3,(H,17,18);1H. The van der Waals surface area contributed by atoms with Crippen LogP contribution in [0.5, 0.6) is 0 Å². The number of hydrogen-bond acceptors (Lipinski definition) is 2. The number of nitrogens with one attached hydrogen (secondary N) is 2. The highest BCUT2D eigenvalue weighted by molar-refractivity contribution is 5.85. The summed E-state index contributed by atoms with van der Waals surface area (Å²) in [7, 11) is 0. The lowest BCUT2D eigenvalue weighted by Crippen LogP contribution is -2.51. The van der Waals surface area contributed by atoms with E-state index in [1.54, 1.807) is 0 Å². The van der Waals surface area contributed by atoms with E-state index in [-0.39, 0.29) is 18.3 Å². The summed E-state index contributed by atoms with van der Waals surface area (Å²) >= 11 is 0. The summed E-state index contributed by atoms with van der Waals surface area (Å²) < 4.78 is 0. The van der Waals surface area contributed by atoms with Gasteiger partial charge in [0, 0.05) is 18.5 Å². The zero-order chi connectivity index (χ0) is 12.8. The van der Waals surface area contributed by atoms with Crippen LogP contribution >= 0.6 is 12.4 Å². The number of carbonyl (C=O) groups is 1. The minimum absolute atomic E-state index is 0. The summed E-state index contributed by atoms with van der Waals surface area (Å²) in [6.07, 6.45) is 9.82. The van der Waals surface area contributed by atoms with Crippen LogP contribution < -0.4 is 10.6 Å². The van der Waals surface area contributed by atoms with Gasteiger partial charge in [0.05, 0.1) is 0 Å². The van der Waals surface area contributed by atoms with Crippen LogP contribution in [0.1, 0.15) is 58.3 Å². The zero-order valence-electron chi connectivity index (χ0n) is 12.1. The predicted molar refractivity (Wildman–Crippen MR) is 81.6 cm³/mol. The monoisotopic (exact) mass is 288 g/mol. The molecule has 0 spiro atoms. The molecule has 1 heterocycles. The third-order valence-electron chi connectivity index (χ3n) is 4.63. The summed E-state index contributed by atoms with van der Waals surface area (Å²) in [4.78, 5) is 12.3. The molecule has 0 aromatic carbocycles. The van der Waals surface area contributed by atoms with Gasteiger partial charge in [0.25, 0.3) is 0 Å². The topological polar surface area (TPSA) is 41.1 Å². The van der Waals surface area contributed by atoms with E-state index in [2.05, 4.69) is 17.6 Å². The first-order chi connectivity index (χ1) is 8.77. The van der Waals surface area contributed by atoms with Crippen molar-refractivity contribution >= 4 is 18.3 Å². The Morgan fingerprint density at radius 2 is 1.68 bits per heavy atom. The lowest BCUT2D eigenvalue weighted by atomic mass is 9.89. The lowest BCUT2D eigenvalue weighted by Gasteiger charge is -2.32. The molecule has 3 nitrogen and oxygen atoms in total. The number of hydrogen-bond donors (Lipinski definition) is 2. The molecule has 2 unspecified atom stereocenters. The van der Waals surface area contributed by atoms with Crippen LogP contribution in [0.2, 0.25) is 0 Å². The molecule has 2 N–H and O–H groups in total. The van der Waals surface area contributed by atoms with E-state index in [9.17, 15) is 4.79 Å². The van der Waals surface area contributed by atoms with Crippen molar-refractivity contribution in [1.29, 1.82) is 0 Å². The van der Waals surface area contributed by atoms with E-state index in [1.807, 2.05) is 0 Å². The molecule has 2 fully saturated rings. The highest BCUT2D eigenvalue weighted by Crippen LogP contribution is 2.23. The summed E-state index contributed by atoms with van der Waals surface area (Å²) in [5.41, 5.74) is 0. The molecule has 1 aliphatic carbocycles. The molecular formula is C15H29ClN2O. The fourth-order valence-electron chi connectivity index (χ4n) is 3.20. The van der Waals surface area contributed by atoms with Crippen molar-refractivity contribution in [3.63, 3.8) is 0 Å². The molecule has 1 amide bonds. The maximum atomic E-state index is 12.3. The third-order valence-corrected chi connectivity index (χ3v) is 4.63. The van der Waals surface area contributed by atoms with E-state index in [0.29, 0.717) is 17.9 Å². The normalized spacial score (nSPS) is 29.7. The van der Waals surface area contributed by atoms with Crippen LogP contribution in [-0.2, 0) is 4.79 Å². The number of rotatable bonds is 2. The Hall–Kier alpha value is -0.280. The predicted octanol–water partition coefficient (Wildman–Crippen LogP) is 2.88. The third kappa shape index (κ3) is 5.31. The maximum absolute atomic E-state index is 12.3. The minimum atomic E-state index is 0. The largest absolute Gasteiger partial charge is 0.352 e. The van der Waals surface area contributed by atoms with Gasteiger partial charge in [-0.3, -0.25) is 4.79 Å². The van der Waals surface area contributed by atoms with Crippen molar-refractivity contribution in [2.24, 2.45) is 11.8 Å². The van der Waals surface area contributed by atoms with Crippen molar-refractivity contribution in [1.82, 2.24) is 10.6 Å². The van der Waals surface area contributed by atoms with E-state index in [1.165, 1.54) is 38.5 Å². The average molecular weight is 289 g/mol. The number of amides is 1. The molecule has 0 bridgehead atoms. The van der Waals surface area contributed by atoms with Crippen LogP contribution in [0.25, 0.3) is 0 Å². The van der Waals surface area contributed by atoms with Gasteiger partial charge in [-0.2, -0.15) is 0 Å². The number of carbonyl (C=O) groups excluding carboxylic acids is 1. The SMILES string of the molecule is CC1CCNCC1NC(=O)C1CCCCCCC1.Cl. The van der Waals surface area contributed by atoms with E-state index in [4.69, 9.17) is 0 Å². The second-order valence-electron chi connectivity index (χ2n) is 6.13. The highest BCUT2D eigenvalue weighted by atomic mass is 35.5. The Kier molecular flexibility index (Phi) is 7.77. The molecule has 2 rings (SSSR count). The summed E-state index contributed by atoms with van der Waals surface area (Å²) in [5.74, 6) is 1.21. The molecule has 1 saturated heterocycles. The molecule has 1 aliphatic heterocycles. The molecule has 0 aromatic rings. The molecule has 19 heavy (non-hydrogen) atoms. The average Bonchev–Trinajstić information content (AvgIpc) is 2.31. The molecule has 1 saturated carbocycles. The quantitative estimate of drug-likeness (QED) is 0.820. The molecule has 112 valence electrons. The van der Waals surface area contributed by atoms with Crippen molar-refractivity contribution < 1.29 is 4.79 Å². The lowest BCUT2D eigenvalue weighted by molar-refractivity contribution is -0.126. The van der Waals surface area contributed by atoms with Gasteiger partial charge in [0.2, 0.25) is 5.91 Å². The fourth-order valence-corrected chi connectivity index (χ4v) is 3.20. The molecule has 2 atom stereocenters. The van der Waals surface area contributed by atoms with Gasteiger partial charge < -0.3 is 10.6 Å². The Morgan fingerprint density at radius 3 is 2.32 bits per heavy atom. The molecular weight excluding hydrogens is 260 g/mol. The smallest absolute Gasteiger partial charge is 0.223 e. The maximum Gasteiger partial charge on any atom is 0.223 e. The minimum Gasteiger partial charge on any atom is -0.352 e. The first-order valence-corrected chi connectivity index (χ1v) is 7.78. The van der Waals surface area contributed by atoms with Gasteiger partial charge >= 0.3 is 0 Å². The van der Waals surface area contributed by atoms with E-state index in [0.717, 1.165) is 25.9 Å². The van der Waals surface area contributed by atoms with Crippen molar-refractivity contribution in [2.45, 2.75) is 64.3 Å². The molecule has 4 heteroatoms. The van der Waals surface area contributed by atoms with Gasteiger partial charge in [-0.05, 0) is 31.7 Å². The van der Waals surface area contributed by atoms with Crippen LogP contribution in [0.4, 0.5) is 0 Å². The number of piperidine rings is 1. The van der Waals surface area contributed by atoms with Crippen molar-refractivity contribution in [3.05, 3.63) is 0 Å². The summed E-state index contributed by atoms with van der Waals surface area (Å²) in [6, 6.07) is 0.344. The van der Waals surface area contributed by atoms with E-state index < -0.39 is 0 Å². The summed E-state index contributed by atoms with van der Waals surface area (Å²) in [5, 5.41) is 6.67. The summed E-state index contributed by atoms with van der Waals surface area (Å²) in [6.45, 7) is 4.29. The Morgan fingerprint density at radius 1 is 1.05 bits per heavy atom. The van der Waals surface area contributed by atoms with Gasteiger partial charge in [-0.1, -0.05) is 39.0 Å². The van der Waals surface area contributed by atoms with Crippen LogP contribution in [0.15, 0.2) is 0 Å². The second-order valence-corrected chi connectivity index (χ2v) is 6.13. The van der Waals surface area contributed by atoms with Gasteiger partial charge in [0.15, 0.2) is 0 Å². The van der Waals surface area contributed by atoms with Crippen LogP contribution in [0.3, 0.4) is 0 Å². The van der Waals surface area contributed by atoms with Gasteiger partial charge in [0.1, 0.15) is 0 Å². The molecule has 0 aromatic heterocycles. The van der Waals surface area contributed by atoms with E-state index >= 15 is 0 Å². The molecule has 0 radical (unpaired) electrons. The Bertz CT molecular complexity index is 265. The zero-order valence-corrected chi connectivity index (χ0v) is 12.9. The van der Waals surface area contributed by atoms with Gasteiger partial charge in [-0.25, -0.2) is 0 Å². The van der Waals surface area contributed by atoms with Gasteiger partial charge in [-0.15, -0.1) is 12.4 Å². The van der Waals surface area contributed by atoms with Crippen LogP contribution in [0, 0.1) is 11.8 Å². The highest BCUT2D eigenvalue weighted by Gasteiger charge is 2.26. The van der Waals surface area contributed by atoms with Crippen molar-refractivity contribution in [3.8, 4) is 0 Å². The Labute approximate surface area is 123 Å². The first-order valence-electron chi connectivity index (χ1n) is 7.78. The first kappa shape index (κ1) is 16.8. The Balaban J connectivity index is 0.00000180. The van der Waals surface area contributed by atoms with Crippen LogP contribution in [-0.4, -0.2) is 25.0 Å². The molecule has 2 aliphatic rings.